The van der Waals surface area contributed by atoms with E-state index in [1.54, 1.807) is 10.9 Å². The Kier molecular flexibility index (Phi) is 4.22. The molecule has 2 aromatic heterocycles. The number of aromatic nitrogens is 5. The largest absolute Gasteiger partial charge is 0.488 e. The van der Waals surface area contributed by atoms with Crippen molar-refractivity contribution < 1.29 is 4.74 Å². The van der Waals surface area contributed by atoms with Crippen LogP contribution in [0.1, 0.15) is 46.5 Å². The van der Waals surface area contributed by atoms with Gasteiger partial charge in [-0.2, -0.15) is 9.67 Å². The number of fused-ring (bicyclic) bond motifs is 1. The highest BCUT2D eigenvalue weighted by atomic mass is 16.5. The second-order valence-corrected chi connectivity index (χ2v) is 7.74. The molecule has 0 radical (unpaired) electrons. The number of benzene rings is 1. The number of rotatable bonds is 4. The molecule has 3 aromatic rings. The van der Waals surface area contributed by atoms with E-state index in [9.17, 15) is 0 Å². The summed E-state index contributed by atoms with van der Waals surface area (Å²) in [6.45, 7) is 6.09. The molecule has 0 atom stereocenters. The van der Waals surface area contributed by atoms with Crippen LogP contribution in [0.2, 0.25) is 0 Å². The Labute approximate surface area is 152 Å². The van der Waals surface area contributed by atoms with Gasteiger partial charge in [-0.3, -0.25) is 0 Å². The second-order valence-electron chi connectivity index (χ2n) is 7.74. The molecule has 1 aromatic carbocycles. The van der Waals surface area contributed by atoms with E-state index in [1.165, 1.54) is 25.7 Å². The van der Waals surface area contributed by atoms with Crippen molar-refractivity contribution in [1.29, 1.82) is 0 Å². The zero-order valence-electron chi connectivity index (χ0n) is 15.4. The minimum absolute atomic E-state index is 0.227. The summed E-state index contributed by atoms with van der Waals surface area (Å²) in [4.78, 5) is 9.02. The van der Waals surface area contributed by atoms with Crippen LogP contribution in [0.5, 0.6) is 5.75 Å². The molecule has 0 spiro atoms. The molecular formula is C19H24N6O. The highest BCUT2D eigenvalue weighted by Crippen LogP contribution is 2.23. The van der Waals surface area contributed by atoms with Crippen molar-refractivity contribution in [3.8, 4) is 11.4 Å². The minimum atomic E-state index is -0.227. The zero-order chi connectivity index (χ0) is 18.1. The third kappa shape index (κ3) is 3.61. The first-order chi connectivity index (χ1) is 12.5. The number of nitrogens with one attached hydrogen (secondary N) is 1. The van der Waals surface area contributed by atoms with Crippen molar-refractivity contribution in [3.63, 3.8) is 0 Å². The van der Waals surface area contributed by atoms with Crippen molar-refractivity contribution in [2.24, 2.45) is 0 Å². The predicted octanol–water partition coefficient (Wildman–Crippen LogP) is 3.74. The van der Waals surface area contributed by atoms with Gasteiger partial charge in [-0.1, -0.05) is 18.1 Å². The van der Waals surface area contributed by atoms with Crippen LogP contribution >= 0.6 is 0 Å². The summed E-state index contributed by atoms with van der Waals surface area (Å²) in [5, 5.41) is 11.8. The quantitative estimate of drug-likeness (QED) is 0.771. The Morgan fingerprint density at radius 2 is 1.85 bits per heavy atom. The first-order valence-corrected chi connectivity index (χ1v) is 9.12. The highest BCUT2D eigenvalue weighted by Gasteiger charge is 2.17. The van der Waals surface area contributed by atoms with Crippen molar-refractivity contribution >= 4 is 17.1 Å². The number of anilines is 1. The van der Waals surface area contributed by atoms with Gasteiger partial charge in [0.05, 0.1) is 11.9 Å². The van der Waals surface area contributed by atoms with E-state index in [0.29, 0.717) is 23.2 Å². The molecule has 1 aliphatic carbocycles. The Balaban J connectivity index is 1.61. The van der Waals surface area contributed by atoms with Crippen LogP contribution in [0.3, 0.4) is 0 Å². The van der Waals surface area contributed by atoms with E-state index in [1.807, 2.05) is 45.0 Å². The summed E-state index contributed by atoms with van der Waals surface area (Å²) in [5.41, 5.74) is 2.04. The predicted molar refractivity (Wildman–Crippen MR) is 101 cm³/mol. The molecule has 1 saturated carbocycles. The van der Waals surface area contributed by atoms with Crippen molar-refractivity contribution in [2.45, 2.75) is 58.1 Å². The lowest BCUT2D eigenvalue weighted by Crippen LogP contribution is -2.22. The first-order valence-electron chi connectivity index (χ1n) is 9.12. The first kappa shape index (κ1) is 16.8. The van der Waals surface area contributed by atoms with Crippen LogP contribution in [-0.4, -0.2) is 36.6 Å². The third-order valence-corrected chi connectivity index (χ3v) is 4.39. The zero-order valence-corrected chi connectivity index (χ0v) is 15.4. The molecule has 1 aliphatic rings. The van der Waals surface area contributed by atoms with E-state index < -0.39 is 0 Å². The molecule has 0 aliphatic heterocycles. The number of hydrogen-bond acceptors (Lipinski definition) is 6. The number of nitrogens with zero attached hydrogens (tertiary/aromatic N) is 5. The average molecular weight is 352 g/mol. The van der Waals surface area contributed by atoms with E-state index in [0.717, 1.165) is 11.4 Å². The van der Waals surface area contributed by atoms with Crippen LogP contribution in [0.25, 0.3) is 16.9 Å². The fraction of sp³-hybridized carbons (Fsp3) is 0.474. The second kappa shape index (κ2) is 6.55. The van der Waals surface area contributed by atoms with E-state index in [4.69, 9.17) is 4.74 Å². The molecule has 1 fully saturated rings. The maximum atomic E-state index is 5.87. The van der Waals surface area contributed by atoms with Gasteiger partial charge in [-0.25, -0.2) is 4.98 Å². The van der Waals surface area contributed by atoms with Gasteiger partial charge >= 0.3 is 0 Å². The Morgan fingerprint density at radius 1 is 1.12 bits per heavy atom. The van der Waals surface area contributed by atoms with Gasteiger partial charge in [0.1, 0.15) is 11.4 Å². The maximum absolute atomic E-state index is 5.87. The van der Waals surface area contributed by atoms with Crippen LogP contribution in [0.4, 0.5) is 5.95 Å². The average Bonchev–Trinajstić information content (AvgIpc) is 3.24. The van der Waals surface area contributed by atoms with E-state index >= 15 is 0 Å². The smallest absolute Gasteiger partial charge is 0.225 e. The normalized spacial score (nSPS) is 15.5. The van der Waals surface area contributed by atoms with Gasteiger partial charge < -0.3 is 10.1 Å². The van der Waals surface area contributed by atoms with E-state index in [2.05, 4.69) is 25.6 Å². The molecule has 0 unspecified atom stereocenters. The highest BCUT2D eigenvalue weighted by molar-refractivity contribution is 5.72. The van der Waals surface area contributed by atoms with Crippen LogP contribution in [0.15, 0.2) is 30.5 Å². The van der Waals surface area contributed by atoms with Crippen LogP contribution in [-0.2, 0) is 0 Å². The summed E-state index contributed by atoms with van der Waals surface area (Å²) in [6, 6.07) is 8.26. The fourth-order valence-electron chi connectivity index (χ4n) is 3.23. The summed E-state index contributed by atoms with van der Waals surface area (Å²) in [7, 11) is 0. The van der Waals surface area contributed by atoms with Gasteiger partial charge in [-0.05, 0) is 57.9 Å². The topological polar surface area (TPSA) is 77.8 Å². The lowest BCUT2D eigenvalue weighted by molar-refractivity contribution is 0.131. The molecule has 4 rings (SSSR count). The fourth-order valence-corrected chi connectivity index (χ4v) is 3.23. The summed E-state index contributed by atoms with van der Waals surface area (Å²) >= 11 is 0. The van der Waals surface area contributed by atoms with Crippen LogP contribution < -0.4 is 10.1 Å². The van der Waals surface area contributed by atoms with Crippen LogP contribution in [0, 0.1) is 0 Å². The van der Waals surface area contributed by atoms with Crippen molar-refractivity contribution in [3.05, 3.63) is 30.5 Å². The SMILES string of the molecule is CC(C)(C)Oc1ccc(-n2nnc3cnc(NC4CCCC4)nc32)cc1. The number of ether oxygens (including phenoxy) is 1. The van der Waals surface area contributed by atoms with Crippen molar-refractivity contribution in [2.75, 3.05) is 5.32 Å². The lowest BCUT2D eigenvalue weighted by atomic mass is 10.2. The lowest BCUT2D eigenvalue weighted by Gasteiger charge is -2.21. The molecule has 0 bridgehead atoms. The molecule has 136 valence electrons. The van der Waals surface area contributed by atoms with Gasteiger partial charge in [0, 0.05) is 6.04 Å². The van der Waals surface area contributed by atoms with E-state index in [-0.39, 0.29) is 5.60 Å². The van der Waals surface area contributed by atoms with Gasteiger partial charge in [0.15, 0.2) is 11.2 Å². The Hall–Kier alpha value is -2.70. The molecule has 0 amide bonds. The third-order valence-electron chi connectivity index (χ3n) is 4.39. The standard InChI is InChI=1S/C19H24N6O/c1-19(2,3)26-15-10-8-14(9-11-15)25-17-16(23-24-25)12-20-18(22-17)21-13-6-4-5-7-13/h8-13H,4-7H2,1-3H3,(H,20,21,22). The van der Waals surface area contributed by atoms with Gasteiger partial charge in [0.2, 0.25) is 5.95 Å². The Morgan fingerprint density at radius 3 is 2.54 bits per heavy atom. The van der Waals surface area contributed by atoms with Crippen molar-refractivity contribution in [1.82, 2.24) is 25.0 Å². The summed E-state index contributed by atoms with van der Waals surface area (Å²) in [6.07, 6.45) is 6.60. The molecule has 2 heterocycles. The molecule has 26 heavy (non-hydrogen) atoms. The number of hydrogen-bond donors (Lipinski definition) is 1. The van der Waals surface area contributed by atoms with Gasteiger partial charge in [-0.15, -0.1) is 5.10 Å². The summed E-state index contributed by atoms with van der Waals surface area (Å²) in [5.74, 6) is 1.46. The van der Waals surface area contributed by atoms with Gasteiger partial charge in [0.25, 0.3) is 0 Å². The minimum Gasteiger partial charge on any atom is -0.488 e. The maximum Gasteiger partial charge on any atom is 0.225 e. The molecule has 0 saturated heterocycles. The molecule has 1 N–H and O–H groups in total. The molecular weight excluding hydrogens is 328 g/mol. The summed E-state index contributed by atoms with van der Waals surface area (Å²) < 4.78 is 7.61. The monoisotopic (exact) mass is 352 g/mol. The molecule has 7 heteroatoms. The Bertz CT molecular complexity index is 891. The molecule has 7 nitrogen and oxygen atoms in total.